The van der Waals surface area contributed by atoms with Gasteiger partial charge in [0.05, 0.1) is 16.6 Å². The molecule has 3 aromatic carbocycles. The van der Waals surface area contributed by atoms with Gasteiger partial charge < -0.3 is 25.8 Å². The van der Waals surface area contributed by atoms with Crippen molar-refractivity contribution in [2.75, 3.05) is 27.4 Å². The zero-order valence-electron chi connectivity index (χ0n) is 29.3. The van der Waals surface area contributed by atoms with Gasteiger partial charge in [0.15, 0.2) is 11.5 Å². The minimum absolute atomic E-state index is 0.152. The van der Waals surface area contributed by atoms with E-state index in [2.05, 4.69) is 32.2 Å². The van der Waals surface area contributed by atoms with Crippen molar-refractivity contribution in [3.63, 3.8) is 0 Å². The summed E-state index contributed by atoms with van der Waals surface area (Å²) in [4.78, 5) is 64.6. The lowest BCUT2D eigenvalue weighted by Gasteiger charge is -2.40. The molecule has 0 aliphatic carbocycles. The van der Waals surface area contributed by atoms with Crippen LogP contribution in [0, 0.1) is 13.8 Å². The third-order valence-electron chi connectivity index (χ3n) is 10.1. The summed E-state index contributed by atoms with van der Waals surface area (Å²) in [6, 6.07) is 17.1. The van der Waals surface area contributed by atoms with E-state index in [0.29, 0.717) is 52.9 Å². The van der Waals surface area contributed by atoms with Crippen molar-refractivity contribution in [2.45, 2.75) is 58.8 Å². The van der Waals surface area contributed by atoms with Crippen molar-refractivity contribution in [3.8, 4) is 0 Å². The molecule has 0 radical (unpaired) electrons. The second-order valence-electron chi connectivity index (χ2n) is 13.6. The number of rotatable bonds is 7. The molecule has 264 valence electrons. The Morgan fingerprint density at radius 1 is 0.962 bits per heavy atom. The first-order valence-corrected chi connectivity index (χ1v) is 17.3. The number of imide groups is 1. The highest BCUT2D eigenvalue weighted by Crippen LogP contribution is 2.42. The van der Waals surface area contributed by atoms with Crippen LogP contribution in [0.1, 0.15) is 64.1 Å². The van der Waals surface area contributed by atoms with Gasteiger partial charge in [-0.2, -0.15) is 10.1 Å². The summed E-state index contributed by atoms with van der Waals surface area (Å²) in [5.74, 6) is -0.367. The number of nitrogens with zero attached hydrogens (tertiary/aromatic N) is 6. The lowest BCUT2D eigenvalue weighted by atomic mass is 9.94. The summed E-state index contributed by atoms with van der Waals surface area (Å²) < 4.78 is 1.72. The minimum Gasteiger partial charge on any atom is -0.346 e. The van der Waals surface area contributed by atoms with Crippen molar-refractivity contribution in [3.05, 3.63) is 94.2 Å². The van der Waals surface area contributed by atoms with Gasteiger partial charge in [0.2, 0.25) is 23.7 Å². The maximum atomic E-state index is 14.3. The third-order valence-corrected chi connectivity index (χ3v) is 10.1. The number of anilines is 5. The smallest absolute Gasteiger partial charge is 0.257 e. The maximum Gasteiger partial charge on any atom is 0.257 e. The molecule has 5 heterocycles. The van der Waals surface area contributed by atoms with Gasteiger partial charge in [-0.1, -0.05) is 42.5 Å². The van der Waals surface area contributed by atoms with Crippen LogP contribution in [0.4, 0.5) is 28.8 Å². The van der Waals surface area contributed by atoms with Crippen molar-refractivity contribution in [2.24, 2.45) is 7.05 Å². The van der Waals surface area contributed by atoms with Crippen LogP contribution < -0.4 is 26.2 Å². The molecule has 4 amide bonds. The van der Waals surface area contributed by atoms with Gasteiger partial charge in [-0.3, -0.25) is 24.5 Å². The topological polar surface area (TPSA) is 166 Å². The molecule has 1 fully saturated rings. The normalized spacial score (nSPS) is 18.3. The number of aryl methyl sites for hydroxylation is 3. The fourth-order valence-electron chi connectivity index (χ4n) is 7.62. The van der Waals surface area contributed by atoms with Crippen LogP contribution in [0.25, 0.3) is 11.0 Å². The minimum atomic E-state index is -0.779. The van der Waals surface area contributed by atoms with Crippen molar-refractivity contribution >= 4 is 63.5 Å². The number of para-hydroxylation sites is 1. The Hall–Kier alpha value is -6.31. The van der Waals surface area contributed by atoms with Crippen molar-refractivity contribution in [1.82, 2.24) is 30.0 Å². The molecule has 3 aliphatic heterocycles. The molecule has 0 spiro atoms. The van der Waals surface area contributed by atoms with Gasteiger partial charge >= 0.3 is 0 Å². The monoisotopic (exact) mass is 698 g/mol. The molecule has 8 rings (SSSR count). The number of fused-ring (bicyclic) bond motifs is 3. The molecule has 2 unspecified atom stereocenters. The Kier molecular flexibility index (Phi) is 8.08. The van der Waals surface area contributed by atoms with E-state index in [-0.39, 0.29) is 37.1 Å². The quantitative estimate of drug-likeness (QED) is 0.176. The van der Waals surface area contributed by atoms with Gasteiger partial charge in [0, 0.05) is 51.1 Å². The molecule has 4 N–H and O–H groups in total. The van der Waals surface area contributed by atoms with Gasteiger partial charge in [-0.15, -0.1) is 0 Å². The Balaban J connectivity index is 1.18. The first-order valence-electron chi connectivity index (χ1n) is 17.3. The van der Waals surface area contributed by atoms with Crippen LogP contribution in [0.2, 0.25) is 0 Å². The Morgan fingerprint density at radius 2 is 1.75 bits per heavy atom. The van der Waals surface area contributed by atoms with E-state index in [1.165, 1.54) is 11.8 Å². The molecule has 2 aromatic heterocycles. The van der Waals surface area contributed by atoms with E-state index in [0.717, 1.165) is 33.3 Å². The zero-order chi connectivity index (χ0) is 36.3. The molecule has 14 heteroatoms. The molecule has 2 atom stereocenters. The van der Waals surface area contributed by atoms with Crippen LogP contribution in [-0.2, 0) is 34.4 Å². The SMILES string of the molecule is CC(=O)Nc1cc2c(c(N3CCc4ccccc4C3Nc3ncc4c(Nc5c(C)cccc5C)nn(C)c4n3)c1)C(=O)N(C1CCC(=O)NC1=O)C2. The fraction of sp³-hybridized carbons (Fsp3) is 0.289. The standard InChI is InChI=1S/C38H38N10O4/c1-20-8-7-9-21(2)32(20)42-33-27-18-39-38(43-34(27)46(4)45-33)44-35-26-11-6-5-10-23(26)14-15-47(35)29-17-25(40-22(3)49)16-24-19-48(37(52)31(24)29)28-12-13-30(50)41-36(28)51/h5-11,16-18,28,35H,12-15,19H2,1-4H3,(H,40,49)(H,42,45)(H,39,43,44)(H,41,50,51). The van der Waals surface area contributed by atoms with Crippen LogP contribution >= 0.6 is 0 Å². The second kappa shape index (κ2) is 12.8. The lowest BCUT2D eigenvalue weighted by Crippen LogP contribution is -2.52. The average Bonchev–Trinajstić information content (AvgIpc) is 3.60. The zero-order valence-corrected chi connectivity index (χ0v) is 29.3. The predicted octanol–water partition coefficient (Wildman–Crippen LogP) is 4.62. The third kappa shape index (κ3) is 5.75. The molecule has 0 bridgehead atoms. The molecule has 52 heavy (non-hydrogen) atoms. The van der Waals surface area contributed by atoms with E-state index in [1.54, 1.807) is 16.9 Å². The molecule has 5 aromatic rings. The van der Waals surface area contributed by atoms with Crippen LogP contribution in [-0.4, -0.2) is 60.9 Å². The van der Waals surface area contributed by atoms with E-state index < -0.39 is 18.1 Å². The summed E-state index contributed by atoms with van der Waals surface area (Å²) in [5, 5.41) is 17.8. The Labute approximate surface area is 299 Å². The van der Waals surface area contributed by atoms with Gasteiger partial charge in [0.25, 0.3) is 5.91 Å². The van der Waals surface area contributed by atoms with Gasteiger partial charge in [0.1, 0.15) is 12.2 Å². The fourth-order valence-corrected chi connectivity index (χ4v) is 7.62. The Bertz CT molecular complexity index is 2300. The number of nitrogens with one attached hydrogen (secondary N) is 4. The highest BCUT2D eigenvalue weighted by Gasteiger charge is 2.42. The largest absolute Gasteiger partial charge is 0.346 e. The highest BCUT2D eigenvalue weighted by atomic mass is 16.2. The van der Waals surface area contributed by atoms with Crippen LogP contribution in [0.5, 0.6) is 0 Å². The van der Waals surface area contributed by atoms with E-state index in [1.807, 2.05) is 63.4 Å². The number of benzene rings is 3. The first kappa shape index (κ1) is 32.9. The van der Waals surface area contributed by atoms with E-state index >= 15 is 0 Å². The van der Waals surface area contributed by atoms with Crippen molar-refractivity contribution in [1.29, 1.82) is 0 Å². The summed E-state index contributed by atoms with van der Waals surface area (Å²) >= 11 is 0. The van der Waals surface area contributed by atoms with E-state index in [9.17, 15) is 19.2 Å². The molecule has 0 saturated carbocycles. The molecule has 3 aliphatic rings. The number of amides is 4. The number of carbonyl (C=O) groups is 4. The number of hydrogen-bond donors (Lipinski definition) is 4. The number of piperidine rings is 1. The summed E-state index contributed by atoms with van der Waals surface area (Å²) in [7, 11) is 1.84. The lowest BCUT2D eigenvalue weighted by molar-refractivity contribution is -0.137. The molecule has 14 nitrogen and oxygen atoms in total. The first-order chi connectivity index (χ1) is 25.0. The second-order valence-corrected chi connectivity index (χ2v) is 13.6. The number of hydrogen-bond acceptors (Lipinski definition) is 10. The van der Waals surface area contributed by atoms with Crippen LogP contribution in [0.3, 0.4) is 0 Å². The maximum absolute atomic E-state index is 14.3. The molecular formula is C38H38N10O4. The number of aromatic nitrogens is 4. The Morgan fingerprint density at radius 3 is 2.52 bits per heavy atom. The number of carbonyl (C=O) groups excluding carboxylic acids is 4. The van der Waals surface area contributed by atoms with Crippen molar-refractivity contribution < 1.29 is 19.2 Å². The highest BCUT2D eigenvalue weighted by molar-refractivity contribution is 6.09. The van der Waals surface area contributed by atoms with Crippen LogP contribution in [0.15, 0.2) is 60.8 Å². The average molecular weight is 699 g/mol. The molecular weight excluding hydrogens is 660 g/mol. The predicted molar refractivity (Wildman–Crippen MR) is 196 cm³/mol. The summed E-state index contributed by atoms with van der Waals surface area (Å²) in [5.41, 5.74) is 8.23. The summed E-state index contributed by atoms with van der Waals surface area (Å²) in [6.45, 7) is 6.24. The van der Waals surface area contributed by atoms with Gasteiger partial charge in [-0.05, 0) is 66.6 Å². The van der Waals surface area contributed by atoms with Gasteiger partial charge in [-0.25, -0.2) is 9.67 Å². The van der Waals surface area contributed by atoms with E-state index in [4.69, 9.17) is 15.1 Å². The molecule has 1 saturated heterocycles. The summed E-state index contributed by atoms with van der Waals surface area (Å²) in [6.07, 6.45) is 2.35.